The van der Waals surface area contributed by atoms with Gasteiger partial charge in [-0.3, -0.25) is 4.79 Å². The zero-order valence-corrected chi connectivity index (χ0v) is 9.79. The summed E-state index contributed by atoms with van der Waals surface area (Å²) in [5.41, 5.74) is -0.507. The van der Waals surface area contributed by atoms with Crippen LogP contribution in [-0.4, -0.2) is 12.9 Å². The highest BCUT2D eigenvalue weighted by Crippen LogP contribution is 2.23. The molecule has 0 atom stereocenters. The van der Waals surface area contributed by atoms with Gasteiger partial charge in [-0.05, 0) is 13.0 Å². The summed E-state index contributed by atoms with van der Waals surface area (Å²) in [4.78, 5) is 11.9. The van der Waals surface area contributed by atoms with E-state index in [1.54, 1.807) is 6.92 Å². The maximum Gasteiger partial charge on any atom is 0.202 e. The summed E-state index contributed by atoms with van der Waals surface area (Å²) in [6, 6.07) is 3.35. The number of hydrogen-bond acceptors (Lipinski definition) is 3. The highest BCUT2D eigenvalue weighted by Gasteiger charge is 2.21. The Labute approximate surface area is 102 Å². The van der Waals surface area contributed by atoms with Crippen molar-refractivity contribution in [2.45, 2.75) is 6.92 Å². The number of halogens is 2. The Kier molecular flexibility index (Phi) is 3.14. The molecule has 0 fully saturated rings. The van der Waals surface area contributed by atoms with Crippen molar-refractivity contribution in [2.75, 3.05) is 7.11 Å². The van der Waals surface area contributed by atoms with Gasteiger partial charge in [0.1, 0.15) is 29.4 Å². The molecule has 1 heterocycles. The number of ether oxygens (including phenoxy) is 1. The molecule has 0 aliphatic heterocycles. The fourth-order valence-electron chi connectivity index (χ4n) is 1.59. The van der Waals surface area contributed by atoms with Crippen LogP contribution in [0.2, 0.25) is 0 Å². The molecule has 0 bridgehead atoms. The van der Waals surface area contributed by atoms with Crippen LogP contribution in [0.5, 0.6) is 5.75 Å². The molecule has 1 aromatic heterocycles. The van der Waals surface area contributed by atoms with Gasteiger partial charge >= 0.3 is 0 Å². The van der Waals surface area contributed by atoms with Crippen molar-refractivity contribution in [1.82, 2.24) is 0 Å². The molecule has 0 saturated carbocycles. The van der Waals surface area contributed by atoms with Crippen LogP contribution in [0.3, 0.4) is 0 Å². The third kappa shape index (κ3) is 2.11. The zero-order valence-electron chi connectivity index (χ0n) is 9.79. The van der Waals surface area contributed by atoms with Crippen LogP contribution in [0.1, 0.15) is 21.7 Å². The quantitative estimate of drug-likeness (QED) is 0.788. The summed E-state index contributed by atoms with van der Waals surface area (Å²) in [6.45, 7) is 1.64. The molecule has 94 valence electrons. The molecular weight excluding hydrogens is 242 g/mol. The first-order valence-corrected chi connectivity index (χ1v) is 5.16. The van der Waals surface area contributed by atoms with Gasteiger partial charge in [0, 0.05) is 12.1 Å². The van der Waals surface area contributed by atoms with Crippen LogP contribution < -0.4 is 4.74 Å². The minimum atomic E-state index is -0.962. The molecule has 0 unspecified atom stereocenters. The average Bonchev–Trinajstić information content (AvgIpc) is 2.74. The van der Waals surface area contributed by atoms with Crippen LogP contribution in [0.25, 0.3) is 0 Å². The van der Waals surface area contributed by atoms with Gasteiger partial charge in [-0.15, -0.1) is 0 Å². The Morgan fingerprint density at radius 2 is 1.83 bits per heavy atom. The minimum absolute atomic E-state index is 0.0184. The first-order valence-electron chi connectivity index (χ1n) is 5.16. The van der Waals surface area contributed by atoms with E-state index < -0.39 is 23.0 Å². The highest BCUT2D eigenvalue weighted by atomic mass is 19.1. The van der Waals surface area contributed by atoms with Crippen molar-refractivity contribution in [3.05, 3.63) is 53.0 Å². The summed E-state index contributed by atoms with van der Waals surface area (Å²) in [7, 11) is 1.29. The fraction of sp³-hybridized carbons (Fsp3) is 0.154. The lowest BCUT2D eigenvalue weighted by Gasteiger charge is -2.05. The normalized spacial score (nSPS) is 10.4. The summed E-state index contributed by atoms with van der Waals surface area (Å²) in [6.07, 6.45) is 1.17. The first kappa shape index (κ1) is 12.3. The van der Waals surface area contributed by atoms with Gasteiger partial charge in [0.25, 0.3) is 0 Å². The maximum atomic E-state index is 13.7. The molecule has 0 aliphatic carbocycles. The SMILES string of the molecule is COc1cc(F)c(C(=O)c2coc(C)c2)c(F)c1. The van der Waals surface area contributed by atoms with Crippen molar-refractivity contribution in [3.8, 4) is 5.75 Å². The standard InChI is InChI=1S/C13H10F2O3/c1-7-3-8(6-18-7)13(16)12-10(14)4-9(17-2)5-11(12)15/h3-6H,1-2H3. The number of furan rings is 1. The van der Waals surface area contributed by atoms with Crippen LogP contribution in [-0.2, 0) is 0 Å². The summed E-state index contributed by atoms with van der Waals surface area (Å²) < 4.78 is 37.0. The van der Waals surface area contributed by atoms with E-state index in [0.29, 0.717) is 5.76 Å². The summed E-state index contributed by atoms with van der Waals surface area (Å²) in [5, 5.41) is 0. The van der Waals surface area contributed by atoms with E-state index in [1.807, 2.05) is 0 Å². The predicted molar refractivity (Wildman–Crippen MR) is 59.8 cm³/mol. The third-order valence-corrected chi connectivity index (χ3v) is 2.47. The smallest absolute Gasteiger partial charge is 0.202 e. The van der Waals surface area contributed by atoms with E-state index in [0.717, 1.165) is 12.1 Å². The number of carbonyl (C=O) groups excluding carboxylic acids is 1. The zero-order chi connectivity index (χ0) is 13.3. The molecule has 0 aliphatic rings. The highest BCUT2D eigenvalue weighted by molar-refractivity contribution is 6.09. The molecule has 2 rings (SSSR count). The molecule has 3 nitrogen and oxygen atoms in total. The second-order valence-corrected chi connectivity index (χ2v) is 3.74. The van der Waals surface area contributed by atoms with Crippen LogP contribution in [0.15, 0.2) is 28.9 Å². The Hall–Kier alpha value is -2.17. The second-order valence-electron chi connectivity index (χ2n) is 3.74. The lowest BCUT2D eigenvalue weighted by atomic mass is 10.0. The van der Waals surface area contributed by atoms with E-state index in [2.05, 4.69) is 0 Å². The Morgan fingerprint density at radius 1 is 1.22 bits per heavy atom. The van der Waals surface area contributed by atoms with Gasteiger partial charge in [0.15, 0.2) is 0 Å². The average molecular weight is 252 g/mol. The van der Waals surface area contributed by atoms with E-state index in [1.165, 1.54) is 19.4 Å². The van der Waals surface area contributed by atoms with Gasteiger partial charge in [-0.2, -0.15) is 0 Å². The Bertz CT molecular complexity index is 579. The van der Waals surface area contributed by atoms with Crippen LogP contribution in [0, 0.1) is 18.6 Å². The largest absolute Gasteiger partial charge is 0.497 e. The lowest BCUT2D eigenvalue weighted by Crippen LogP contribution is -2.07. The molecular formula is C13H10F2O3. The topological polar surface area (TPSA) is 39.4 Å². The number of hydrogen-bond donors (Lipinski definition) is 0. The number of rotatable bonds is 3. The molecule has 1 aromatic carbocycles. The van der Waals surface area contributed by atoms with Crippen LogP contribution in [0.4, 0.5) is 8.78 Å². The minimum Gasteiger partial charge on any atom is -0.497 e. The molecule has 5 heteroatoms. The molecule has 0 N–H and O–H groups in total. The fourth-order valence-corrected chi connectivity index (χ4v) is 1.59. The van der Waals surface area contributed by atoms with E-state index in [9.17, 15) is 13.6 Å². The maximum absolute atomic E-state index is 13.7. The summed E-state index contributed by atoms with van der Waals surface area (Å²) >= 11 is 0. The van der Waals surface area contributed by atoms with E-state index in [4.69, 9.17) is 9.15 Å². The molecule has 18 heavy (non-hydrogen) atoms. The van der Waals surface area contributed by atoms with Gasteiger partial charge in [-0.1, -0.05) is 0 Å². The van der Waals surface area contributed by atoms with Crippen molar-refractivity contribution in [3.63, 3.8) is 0 Å². The number of methoxy groups -OCH3 is 1. The number of ketones is 1. The first-order chi connectivity index (χ1) is 8.52. The number of carbonyl (C=O) groups is 1. The molecule has 2 aromatic rings. The van der Waals surface area contributed by atoms with Crippen LogP contribution >= 0.6 is 0 Å². The van der Waals surface area contributed by atoms with Crippen molar-refractivity contribution >= 4 is 5.78 Å². The molecule has 0 saturated heterocycles. The molecule has 0 spiro atoms. The predicted octanol–water partition coefficient (Wildman–Crippen LogP) is 3.11. The van der Waals surface area contributed by atoms with E-state index in [-0.39, 0.29) is 11.3 Å². The molecule has 0 radical (unpaired) electrons. The summed E-state index contributed by atoms with van der Waals surface area (Å²) in [5.74, 6) is -2.17. The van der Waals surface area contributed by atoms with Crippen molar-refractivity contribution < 1.29 is 22.7 Å². The second kappa shape index (κ2) is 4.60. The monoisotopic (exact) mass is 252 g/mol. The molecule has 0 amide bonds. The number of benzene rings is 1. The van der Waals surface area contributed by atoms with E-state index >= 15 is 0 Å². The van der Waals surface area contributed by atoms with Gasteiger partial charge < -0.3 is 9.15 Å². The van der Waals surface area contributed by atoms with Gasteiger partial charge in [-0.25, -0.2) is 8.78 Å². The Balaban J connectivity index is 2.48. The van der Waals surface area contributed by atoms with Crippen molar-refractivity contribution in [1.29, 1.82) is 0 Å². The van der Waals surface area contributed by atoms with Gasteiger partial charge in [0.2, 0.25) is 5.78 Å². The Morgan fingerprint density at radius 3 is 2.28 bits per heavy atom. The number of aryl methyl sites for hydroxylation is 1. The third-order valence-electron chi connectivity index (χ3n) is 2.47. The lowest BCUT2D eigenvalue weighted by molar-refractivity contribution is 0.103. The van der Waals surface area contributed by atoms with Gasteiger partial charge in [0.05, 0.1) is 18.2 Å². The van der Waals surface area contributed by atoms with Crippen molar-refractivity contribution in [2.24, 2.45) is 0 Å².